The van der Waals surface area contributed by atoms with Crippen LogP contribution >= 0.6 is 11.6 Å². The van der Waals surface area contributed by atoms with Crippen molar-refractivity contribution in [2.45, 2.75) is 13.8 Å². The first-order valence-corrected chi connectivity index (χ1v) is 8.15. The lowest BCUT2D eigenvalue weighted by atomic mass is 10.2. The second kappa shape index (κ2) is 7.79. The van der Waals surface area contributed by atoms with E-state index in [-0.39, 0.29) is 5.95 Å². The molecule has 132 valence electrons. The van der Waals surface area contributed by atoms with Gasteiger partial charge in [0.05, 0.1) is 0 Å². The van der Waals surface area contributed by atoms with E-state index in [1.54, 1.807) is 55.7 Å². The van der Waals surface area contributed by atoms with Gasteiger partial charge in [-0.15, -0.1) is 0 Å². The number of halogens is 1. The molecule has 0 fully saturated rings. The van der Waals surface area contributed by atoms with Crippen LogP contribution in [0.2, 0.25) is 5.02 Å². The highest BCUT2D eigenvalue weighted by molar-refractivity contribution is 6.31. The Labute approximate surface area is 155 Å². The monoisotopic (exact) mass is 369 g/mol. The zero-order chi connectivity index (χ0) is 18.5. The topological polar surface area (TPSA) is 89.0 Å². The molecule has 1 aromatic carbocycles. The van der Waals surface area contributed by atoms with Gasteiger partial charge >= 0.3 is 6.03 Å². The lowest BCUT2D eigenvalue weighted by Crippen LogP contribution is -2.21. The normalized spacial score (nSPS) is 10.3. The highest BCUT2D eigenvalue weighted by Gasteiger charge is 2.09. The van der Waals surface area contributed by atoms with Crippen molar-refractivity contribution in [3.63, 3.8) is 0 Å². The van der Waals surface area contributed by atoms with E-state index in [2.05, 4.69) is 25.6 Å². The van der Waals surface area contributed by atoms with Crippen LogP contribution in [0.25, 0.3) is 0 Å². The van der Waals surface area contributed by atoms with Gasteiger partial charge in [-0.2, -0.15) is 4.98 Å². The predicted octanol–water partition coefficient (Wildman–Crippen LogP) is 4.58. The molecule has 26 heavy (non-hydrogen) atoms. The number of aromatic nitrogens is 3. The molecule has 0 aliphatic heterocycles. The number of hydrogen-bond acceptors (Lipinski definition) is 5. The van der Waals surface area contributed by atoms with Gasteiger partial charge in [-0.05, 0) is 49.7 Å². The molecule has 0 unspecified atom stereocenters. The van der Waals surface area contributed by atoms with Gasteiger partial charge in [0.25, 0.3) is 0 Å². The Morgan fingerprint density at radius 2 is 1.81 bits per heavy atom. The van der Waals surface area contributed by atoms with E-state index in [9.17, 15) is 4.79 Å². The summed E-state index contributed by atoms with van der Waals surface area (Å²) in [7, 11) is 0. The zero-order valence-corrected chi connectivity index (χ0v) is 14.9. The molecule has 8 heteroatoms. The molecule has 0 radical (unpaired) electrons. The van der Waals surface area contributed by atoms with Crippen LogP contribution in [0.4, 0.5) is 16.4 Å². The molecular weight excluding hydrogens is 354 g/mol. The SMILES string of the molecule is Cc1cc(Oc2ccncc2)nc(NC(=O)Nc2ccc(Cl)c(C)c2)n1. The fraction of sp³-hybridized carbons (Fsp3) is 0.111. The van der Waals surface area contributed by atoms with E-state index in [1.165, 1.54) is 0 Å². The highest BCUT2D eigenvalue weighted by atomic mass is 35.5. The fourth-order valence-corrected chi connectivity index (χ4v) is 2.28. The number of pyridine rings is 1. The molecule has 0 spiro atoms. The standard InChI is InChI=1S/C18H16ClN5O2/c1-11-9-13(3-4-15(11)19)22-18(25)24-17-21-12(2)10-16(23-17)26-14-5-7-20-8-6-14/h3-10H,1-2H3,(H2,21,22,23,24,25). The minimum absolute atomic E-state index is 0.136. The number of anilines is 2. The molecule has 3 aromatic rings. The number of carbonyl (C=O) groups is 1. The van der Waals surface area contributed by atoms with E-state index in [0.717, 1.165) is 5.56 Å². The van der Waals surface area contributed by atoms with Crippen molar-refractivity contribution in [1.82, 2.24) is 15.0 Å². The lowest BCUT2D eigenvalue weighted by Gasteiger charge is -2.10. The third-order valence-corrected chi connectivity index (χ3v) is 3.77. The maximum atomic E-state index is 12.2. The quantitative estimate of drug-likeness (QED) is 0.702. The van der Waals surface area contributed by atoms with Crippen LogP contribution in [0.5, 0.6) is 11.6 Å². The van der Waals surface area contributed by atoms with E-state index in [0.29, 0.717) is 28.0 Å². The predicted molar refractivity (Wildman–Crippen MR) is 99.9 cm³/mol. The molecular formula is C18H16ClN5O2. The van der Waals surface area contributed by atoms with E-state index in [4.69, 9.17) is 16.3 Å². The first kappa shape index (κ1) is 17.6. The number of ether oxygens (including phenoxy) is 1. The smallest absolute Gasteiger partial charge is 0.326 e. The number of rotatable bonds is 4. The van der Waals surface area contributed by atoms with Crippen LogP contribution in [0.1, 0.15) is 11.3 Å². The number of amides is 2. The van der Waals surface area contributed by atoms with Gasteiger partial charge in [0.1, 0.15) is 5.75 Å². The minimum atomic E-state index is -0.466. The fourth-order valence-electron chi connectivity index (χ4n) is 2.16. The molecule has 0 saturated heterocycles. The van der Waals surface area contributed by atoms with E-state index in [1.807, 2.05) is 6.92 Å². The lowest BCUT2D eigenvalue weighted by molar-refractivity contribution is 0.262. The second-order valence-corrected chi connectivity index (χ2v) is 5.91. The van der Waals surface area contributed by atoms with Crippen molar-refractivity contribution in [2.75, 3.05) is 10.6 Å². The first-order valence-electron chi connectivity index (χ1n) is 7.77. The summed E-state index contributed by atoms with van der Waals surface area (Å²) in [5.41, 5.74) is 2.14. The number of urea groups is 1. The van der Waals surface area contributed by atoms with Gasteiger partial charge in [-0.1, -0.05) is 11.6 Å². The molecule has 2 aromatic heterocycles. The Morgan fingerprint density at radius 1 is 1.04 bits per heavy atom. The molecule has 0 aliphatic rings. The van der Waals surface area contributed by atoms with Gasteiger partial charge in [0.15, 0.2) is 0 Å². The molecule has 7 nitrogen and oxygen atoms in total. The number of carbonyl (C=O) groups excluding carboxylic acids is 1. The van der Waals surface area contributed by atoms with Crippen molar-refractivity contribution >= 4 is 29.3 Å². The van der Waals surface area contributed by atoms with Gasteiger partial charge in [-0.3, -0.25) is 10.3 Å². The van der Waals surface area contributed by atoms with E-state index < -0.39 is 6.03 Å². The van der Waals surface area contributed by atoms with E-state index >= 15 is 0 Å². The number of nitrogens with one attached hydrogen (secondary N) is 2. The molecule has 0 atom stereocenters. The third kappa shape index (κ3) is 4.67. The Bertz CT molecular complexity index is 934. The average Bonchev–Trinajstić information content (AvgIpc) is 2.58. The Hall–Kier alpha value is -3.19. The molecule has 0 saturated carbocycles. The highest BCUT2D eigenvalue weighted by Crippen LogP contribution is 2.21. The summed E-state index contributed by atoms with van der Waals surface area (Å²) < 4.78 is 5.65. The summed E-state index contributed by atoms with van der Waals surface area (Å²) in [5, 5.41) is 5.94. The van der Waals surface area contributed by atoms with Crippen molar-refractivity contribution in [1.29, 1.82) is 0 Å². The molecule has 2 N–H and O–H groups in total. The zero-order valence-electron chi connectivity index (χ0n) is 14.2. The Balaban J connectivity index is 1.70. The Kier molecular flexibility index (Phi) is 5.28. The number of benzene rings is 1. The van der Waals surface area contributed by atoms with Crippen LogP contribution in [0, 0.1) is 13.8 Å². The van der Waals surface area contributed by atoms with Crippen molar-refractivity contribution in [3.8, 4) is 11.6 Å². The Morgan fingerprint density at radius 3 is 2.54 bits per heavy atom. The largest absolute Gasteiger partial charge is 0.439 e. The van der Waals surface area contributed by atoms with Gasteiger partial charge in [0, 0.05) is 34.9 Å². The average molecular weight is 370 g/mol. The van der Waals surface area contributed by atoms with Gasteiger partial charge in [0.2, 0.25) is 11.8 Å². The van der Waals surface area contributed by atoms with Crippen LogP contribution in [-0.4, -0.2) is 21.0 Å². The second-order valence-electron chi connectivity index (χ2n) is 5.50. The first-order chi connectivity index (χ1) is 12.5. The number of hydrogen-bond donors (Lipinski definition) is 2. The molecule has 3 rings (SSSR count). The maximum absolute atomic E-state index is 12.2. The molecule has 2 amide bonds. The summed E-state index contributed by atoms with van der Waals surface area (Å²) >= 11 is 5.98. The summed E-state index contributed by atoms with van der Waals surface area (Å²) in [6.07, 6.45) is 3.23. The van der Waals surface area contributed by atoms with Gasteiger partial charge in [-0.25, -0.2) is 9.78 Å². The maximum Gasteiger partial charge on any atom is 0.326 e. The minimum Gasteiger partial charge on any atom is -0.439 e. The van der Waals surface area contributed by atoms with Crippen LogP contribution in [0.15, 0.2) is 48.8 Å². The van der Waals surface area contributed by atoms with Crippen molar-refractivity contribution < 1.29 is 9.53 Å². The van der Waals surface area contributed by atoms with Gasteiger partial charge < -0.3 is 10.1 Å². The summed E-state index contributed by atoms with van der Waals surface area (Å²) in [6.45, 7) is 3.64. The van der Waals surface area contributed by atoms with Crippen LogP contribution in [-0.2, 0) is 0 Å². The van der Waals surface area contributed by atoms with Crippen LogP contribution < -0.4 is 15.4 Å². The molecule has 0 aliphatic carbocycles. The van der Waals surface area contributed by atoms with Crippen molar-refractivity contribution in [2.24, 2.45) is 0 Å². The third-order valence-electron chi connectivity index (χ3n) is 3.34. The van der Waals surface area contributed by atoms with Crippen LogP contribution in [0.3, 0.4) is 0 Å². The summed E-state index contributed by atoms with van der Waals surface area (Å²) in [6, 6.07) is 9.83. The van der Waals surface area contributed by atoms with Crippen molar-refractivity contribution in [3.05, 3.63) is 65.1 Å². The molecule has 2 heterocycles. The number of nitrogens with zero attached hydrogens (tertiary/aromatic N) is 3. The number of aryl methyl sites for hydroxylation is 2. The molecule has 0 bridgehead atoms. The summed E-state index contributed by atoms with van der Waals surface area (Å²) in [5.74, 6) is 1.05. The summed E-state index contributed by atoms with van der Waals surface area (Å²) in [4.78, 5) is 24.5.